The lowest BCUT2D eigenvalue weighted by molar-refractivity contribution is -0.133. The van der Waals surface area contributed by atoms with Crippen molar-refractivity contribution in [3.8, 4) is 0 Å². The quantitative estimate of drug-likeness (QED) is 0.889. The number of aromatic nitrogens is 1. The molecule has 0 radical (unpaired) electrons. The zero-order chi connectivity index (χ0) is 17.1. The number of nitrogens with zero attached hydrogens (tertiary/aromatic N) is 2. The number of pyridine rings is 1. The molecule has 5 heteroatoms. The van der Waals surface area contributed by atoms with Gasteiger partial charge >= 0.3 is 0 Å². The van der Waals surface area contributed by atoms with Crippen LogP contribution in [0.1, 0.15) is 31.4 Å². The molecular formula is C20H29N3O2. The number of fused-ring (bicyclic) bond motifs is 1. The van der Waals surface area contributed by atoms with Gasteiger partial charge in [0.2, 0.25) is 5.91 Å². The van der Waals surface area contributed by atoms with Gasteiger partial charge in [0.1, 0.15) is 0 Å². The fraction of sp³-hybridized carbons (Fsp3) is 0.700. The first-order valence-electron chi connectivity index (χ1n) is 9.77. The van der Waals surface area contributed by atoms with Crippen molar-refractivity contribution in [1.29, 1.82) is 0 Å². The highest BCUT2D eigenvalue weighted by atomic mass is 16.5. The maximum Gasteiger partial charge on any atom is 0.226 e. The summed E-state index contributed by atoms with van der Waals surface area (Å²) < 4.78 is 5.78. The molecule has 1 aromatic heterocycles. The molecule has 1 amide bonds. The number of hydrogen-bond donors (Lipinski definition) is 1. The maximum atomic E-state index is 12.7. The standard InChI is InChI=1S/C20H29N3O2/c24-20(22-9-17-7-3-4-8-21-17)19-14-25-13-16-11-23(12-18(16)19)10-15-5-1-2-6-15/h3-4,7-8,15-16,18-19H,1-2,5-6,9-14H2,(H,22,24)/t16-,18-,19-/m1/s1. The van der Waals surface area contributed by atoms with Crippen molar-refractivity contribution in [2.24, 2.45) is 23.7 Å². The fourth-order valence-corrected chi connectivity index (χ4v) is 4.88. The third-order valence-electron chi connectivity index (χ3n) is 6.21. The minimum Gasteiger partial charge on any atom is -0.380 e. The van der Waals surface area contributed by atoms with Gasteiger partial charge in [-0.15, -0.1) is 0 Å². The van der Waals surface area contributed by atoms with E-state index in [0.717, 1.165) is 31.3 Å². The van der Waals surface area contributed by atoms with Gasteiger partial charge in [0.15, 0.2) is 0 Å². The van der Waals surface area contributed by atoms with E-state index in [1.54, 1.807) is 6.20 Å². The number of hydrogen-bond acceptors (Lipinski definition) is 4. The van der Waals surface area contributed by atoms with E-state index in [2.05, 4.69) is 15.2 Å². The molecule has 0 aromatic carbocycles. The van der Waals surface area contributed by atoms with E-state index in [9.17, 15) is 4.79 Å². The first kappa shape index (κ1) is 17.0. The molecule has 2 saturated heterocycles. The minimum atomic E-state index is -0.0176. The van der Waals surface area contributed by atoms with Crippen molar-refractivity contribution in [3.05, 3.63) is 30.1 Å². The van der Waals surface area contributed by atoms with Crippen LogP contribution in [0.4, 0.5) is 0 Å². The summed E-state index contributed by atoms with van der Waals surface area (Å²) in [5, 5.41) is 3.07. The highest BCUT2D eigenvalue weighted by molar-refractivity contribution is 5.79. The smallest absolute Gasteiger partial charge is 0.226 e. The van der Waals surface area contributed by atoms with Gasteiger partial charge in [-0.1, -0.05) is 18.9 Å². The number of nitrogens with one attached hydrogen (secondary N) is 1. The lowest BCUT2D eigenvalue weighted by Gasteiger charge is -2.32. The second-order valence-corrected chi connectivity index (χ2v) is 7.98. The van der Waals surface area contributed by atoms with Crippen LogP contribution >= 0.6 is 0 Å². The van der Waals surface area contributed by atoms with Crippen LogP contribution in [0.5, 0.6) is 0 Å². The van der Waals surface area contributed by atoms with E-state index >= 15 is 0 Å². The molecular weight excluding hydrogens is 314 g/mol. The monoisotopic (exact) mass is 343 g/mol. The number of ether oxygens (including phenoxy) is 1. The molecule has 1 saturated carbocycles. The Hall–Kier alpha value is -1.46. The molecule has 5 nitrogen and oxygen atoms in total. The Morgan fingerprint density at radius 3 is 2.92 bits per heavy atom. The number of rotatable bonds is 5. The van der Waals surface area contributed by atoms with E-state index in [-0.39, 0.29) is 11.8 Å². The summed E-state index contributed by atoms with van der Waals surface area (Å²) in [6, 6.07) is 5.79. The van der Waals surface area contributed by atoms with Crippen LogP contribution in [-0.4, -0.2) is 48.6 Å². The van der Waals surface area contributed by atoms with Crippen molar-refractivity contribution in [2.75, 3.05) is 32.8 Å². The largest absolute Gasteiger partial charge is 0.380 e. The van der Waals surface area contributed by atoms with Crippen LogP contribution in [-0.2, 0) is 16.1 Å². The lowest BCUT2D eigenvalue weighted by Crippen LogP contribution is -2.44. The third kappa shape index (κ3) is 4.04. The van der Waals surface area contributed by atoms with Crippen molar-refractivity contribution in [1.82, 2.24) is 15.2 Å². The molecule has 3 fully saturated rings. The van der Waals surface area contributed by atoms with Crippen LogP contribution in [0.25, 0.3) is 0 Å². The maximum absolute atomic E-state index is 12.7. The third-order valence-corrected chi connectivity index (χ3v) is 6.21. The molecule has 4 rings (SSSR count). The average molecular weight is 343 g/mol. The summed E-state index contributed by atoms with van der Waals surface area (Å²) >= 11 is 0. The van der Waals surface area contributed by atoms with Crippen molar-refractivity contribution >= 4 is 5.91 Å². The number of carbonyl (C=O) groups excluding carboxylic acids is 1. The molecule has 1 aliphatic carbocycles. The predicted octanol–water partition coefficient (Wildman–Crippen LogP) is 2.08. The molecule has 2 aliphatic heterocycles. The van der Waals surface area contributed by atoms with Crippen molar-refractivity contribution in [3.63, 3.8) is 0 Å². The second kappa shape index (κ2) is 7.83. The van der Waals surface area contributed by atoms with Gasteiger partial charge in [-0.05, 0) is 42.7 Å². The average Bonchev–Trinajstić information content (AvgIpc) is 3.29. The minimum absolute atomic E-state index is 0.0176. The van der Waals surface area contributed by atoms with Crippen LogP contribution in [0, 0.1) is 23.7 Å². The summed E-state index contributed by atoms with van der Waals surface area (Å²) in [4.78, 5) is 19.6. The molecule has 0 spiro atoms. The van der Waals surface area contributed by atoms with Gasteiger partial charge in [0, 0.05) is 25.8 Å². The van der Waals surface area contributed by atoms with Gasteiger partial charge in [0.05, 0.1) is 31.4 Å². The Kier molecular flexibility index (Phi) is 5.32. The van der Waals surface area contributed by atoms with Gasteiger partial charge in [-0.2, -0.15) is 0 Å². The predicted molar refractivity (Wildman–Crippen MR) is 95.8 cm³/mol. The van der Waals surface area contributed by atoms with Crippen molar-refractivity contribution in [2.45, 2.75) is 32.2 Å². The Labute approximate surface area is 150 Å². The fourth-order valence-electron chi connectivity index (χ4n) is 4.88. The second-order valence-electron chi connectivity index (χ2n) is 7.98. The van der Waals surface area contributed by atoms with E-state index in [0.29, 0.717) is 25.0 Å². The van der Waals surface area contributed by atoms with E-state index in [1.165, 1.54) is 32.2 Å². The zero-order valence-electron chi connectivity index (χ0n) is 14.9. The van der Waals surface area contributed by atoms with Crippen LogP contribution in [0.15, 0.2) is 24.4 Å². The van der Waals surface area contributed by atoms with Gasteiger partial charge in [-0.3, -0.25) is 9.78 Å². The number of carbonyl (C=O) groups is 1. The topological polar surface area (TPSA) is 54.5 Å². The van der Waals surface area contributed by atoms with Crippen molar-refractivity contribution < 1.29 is 9.53 Å². The molecule has 1 N–H and O–H groups in total. The first-order chi connectivity index (χ1) is 12.3. The Morgan fingerprint density at radius 2 is 2.12 bits per heavy atom. The molecule has 3 heterocycles. The highest BCUT2D eigenvalue weighted by Gasteiger charge is 2.44. The van der Waals surface area contributed by atoms with E-state index in [4.69, 9.17) is 4.74 Å². The molecule has 3 aliphatic rings. The molecule has 136 valence electrons. The summed E-state index contributed by atoms with van der Waals surface area (Å²) in [5.41, 5.74) is 0.901. The van der Waals surface area contributed by atoms with Gasteiger partial charge in [-0.25, -0.2) is 0 Å². The normalized spacial score (nSPS) is 30.3. The highest BCUT2D eigenvalue weighted by Crippen LogP contribution is 2.36. The lowest BCUT2D eigenvalue weighted by atomic mass is 9.82. The summed E-state index contributed by atoms with van der Waals surface area (Å²) in [6.45, 7) is 5.26. The Balaban J connectivity index is 1.32. The number of likely N-dealkylation sites (tertiary alicyclic amines) is 1. The summed E-state index contributed by atoms with van der Waals surface area (Å²) in [6.07, 6.45) is 7.33. The molecule has 0 unspecified atom stereocenters. The Bertz CT molecular complexity index is 574. The Morgan fingerprint density at radius 1 is 1.24 bits per heavy atom. The van der Waals surface area contributed by atoms with E-state index < -0.39 is 0 Å². The SMILES string of the molecule is O=C(NCc1ccccn1)[C@@H]1COC[C@H]2CN(CC3CCCC3)C[C@H]21. The molecule has 1 aromatic rings. The molecule has 0 bridgehead atoms. The zero-order valence-corrected chi connectivity index (χ0v) is 14.9. The number of amides is 1. The molecule has 25 heavy (non-hydrogen) atoms. The van der Waals surface area contributed by atoms with Crippen LogP contribution in [0.2, 0.25) is 0 Å². The first-order valence-corrected chi connectivity index (χ1v) is 9.77. The van der Waals surface area contributed by atoms with Gasteiger partial charge in [0.25, 0.3) is 0 Å². The van der Waals surface area contributed by atoms with Crippen LogP contribution in [0.3, 0.4) is 0 Å². The summed E-state index contributed by atoms with van der Waals surface area (Å²) in [5.74, 6) is 1.94. The molecule has 3 atom stereocenters. The van der Waals surface area contributed by atoms with Gasteiger partial charge < -0.3 is 15.0 Å². The van der Waals surface area contributed by atoms with Crippen LogP contribution < -0.4 is 5.32 Å². The van der Waals surface area contributed by atoms with E-state index in [1.807, 2.05) is 18.2 Å². The summed E-state index contributed by atoms with van der Waals surface area (Å²) in [7, 11) is 0.